The Morgan fingerprint density at radius 2 is 1.12 bits per heavy atom. The molecule has 0 spiro atoms. The van der Waals surface area contributed by atoms with Gasteiger partial charge in [-0.2, -0.15) is 80.6 Å². The zero-order valence-corrected chi connectivity index (χ0v) is 19.0. The molecule has 0 fully saturated rings. The van der Waals surface area contributed by atoms with Gasteiger partial charge in [0.25, 0.3) is 0 Å². The molecule has 0 atom stereocenters. The monoisotopic (exact) mass is 538 g/mol. The summed E-state index contributed by atoms with van der Waals surface area (Å²) in [6, 6.07) is 21.9. The van der Waals surface area contributed by atoms with E-state index in [0.29, 0.717) is 5.92 Å². The van der Waals surface area contributed by atoms with Crippen molar-refractivity contribution in [3.8, 4) is 5.75 Å². The summed E-state index contributed by atoms with van der Waals surface area (Å²) in [6.07, 6.45) is 0. The first-order valence-corrected chi connectivity index (χ1v) is 8.94. The third kappa shape index (κ3) is 9.47. The Morgan fingerprint density at radius 1 is 0.750 bits per heavy atom. The Hall–Kier alpha value is -2.28. The number of hydrogen-bond donors (Lipinski definition) is 0. The maximum atomic E-state index is 12.6. The van der Waals surface area contributed by atoms with Gasteiger partial charge in [0, 0.05) is 0 Å². The molecule has 170 valence electrons. The second-order valence-electron chi connectivity index (χ2n) is 6.37. The largest absolute Gasteiger partial charge is 4.00 e. The Kier molecular flexibility index (Phi) is 13.7. The number of rotatable bonds is 3. The molecule has 0 aliphatic carbocycles. The minimum Gasteiger partial charge on any atom is -0.860 e. The summed E-state index contributed by atoms with van der Waals surface area (Å²) in [5, 5.41) is 19.7. The van der Waals surface area contributed by atoms with Crippen LogP contribution in [0.1, 0.15) is 30.9 Å². The van der Waals surface area contributed by atoms with E-state index in [0.717, 1.165) is 0 Å². The van der Waals surface area contributed by atoms with Gasteiger partial charge >= 0.3 is 19.5 Å². The van der Waals surface area contributed by atoms with E-state index >= 15 is 0 Å². The van der Waals surface area contributed by atoms with E-state index in [9.17, 15) is 32.0 Å². The molecule has 0 bridgehead atoms. The van der Waals surface area contributed by atoms with Crippen molar-refractivity contribution in [2.24, 2.45) is 0 Å². The second-order valence-corrected chi connectivity index (χ2v) is 6.37. The van der Waals surface area contributed by atoms with E-state index in [-0.39, 0.29) is 19.5 Å². The van der Waals surface area contributed by atoms with Gasteiger partial charge in [0.05, 0.1) is 0 Å². The van der Waals surface area contributed by atoms with Crippen molar-refractivity contribution >= 4 is 7.32 Å². The van der Waals surface area contributed by atoms with E-state index < -0.39 is 42.2 Å². The number of hydrogen-bond acceptors (Lipinski definition) is 3. The Balaban J connectivity index is 0.000000482. The van der Waals surface area contributed by atoms with Crippen LogP contribution in [0.25, 0.3) is 0 Å². The van der Waals surface area contributed by atoms with Crippen molar-refractivity contribution in [2.75, 3.05) is 0 Å². The van der Waals surface area contributed by atoms with Gasteiger partial charge in [0.15, 0.2) is 5.75 Å². The SMILES string of the molecule is CC(C)c1cc[c-]cc1.Cc1cc[c-]cc1.[O-]B([O-])Oc1c(F)c(F)c(F)c(F)c1F.[Ru+4]. The molecule has 3 rings (SSSR count). The predicted molar refractivity (Wildman–Crippen MR) is 102 cm³/mol. The summed E-state index contributed by atoms with van der Waals surface area (Å²) in [5.74, 6) is -12.9. The molecule has 0 aliphatic rings. The van der Waals surface area contributed by atoms with Crippen LogP contribution in [0.2, 0.25) is 0 Å². The maximum Gasteiger partial charge on any atom is 4.00 e. The third-order valence-corrected chi connectivity index (χ3v) is 3.68. The van der Waals surface area contributed by atoms with E-state index in [1.54, 1.807) is 0 Å². The molecule has 0 amide bonds. The summed E-state index contributed by atoms with van der Waals surface area (Å²) in [4.78, 5) is 0. The van der Waals surface area contributed by atoms with Crippen LogP contribution >= 0.6 is 0 Å². The van der Waals surface area contributed by atoms with Crippen LogP contribution in [-0.4, -0.2) is 7.32 Å². The van der Waals surface area contributed by atoms with Crippen molar-refractivity contribution < 1.29 is 56.1 Å². The van der Waals surface area contributed by atoms with Crippen molar-refractivity contribution in [3.63, 3.8) is 0 Å². The normalized spacial score (nSPS) is 9.59. The Morgan fingerprint density at radius 3 is 1.41 bits per heavy atom. The molecule has 0 N–H and O–H groups in total. The quantitative estimate of drug-likeness (QED) is 0.168. The van der Waals surface area contributed by atoms with Gasteiger partial charge in [0.2, 0.25) is 29.1 Å². The van der Waals surface area contributed by atoms with Gasteiger partial charge in [-0.3, -0.25) is 0 Å². The van der Waals surface area contributed by atoms with Gasteiger partial charge in [-0.1, -0.05) is 20.8 Å². The average Bonchev–Trinajstić information content (AvgIpc) is 2.76. The molecular weight excluding hydrogens is 519 g/mol. The van der Waals surface area contributed by atoms with Gasteiger partial charge in [-0.25, -0.2) is 13.2 Å². The van der Waals surface area contributed by atoms with Gasteiger partial charge < -0.3 is 14.7 Å². The molecule has 0 heterocycles. The van der Waals surface area contributed by atoms with Crippen LogP contribution in [0.5, 0.6) is 5.75 Å². The first kappa shape index (κ1) is 29.7. The number of benzene rings is 3. The molecule has 3 aromatic rings. The van der Waals surface area contributed by atoms with Crippen molar-refractivity contribution in [1.82, 2.24) is 0 Å². The van der Waals surface area contributed by atoms with Gasteiger partial charge in [0.1, 0.15) is 7.32 Å². The fourth-order valence-electron chi connectivity index (χ4n) is 2.04. The fourth-order valence-corrected chi connectivity index (χ4v) is 2.04. The molecule has 3 nitrogen and oxygen atoms in total. The smallest absolute Gasteiger partial charge is 0.860 e. The summed E-state index contributed by atoms with van der Waals surface area (Å²) >= 11 is 0. The Bertz CT molecular complexity index is 916. The first-order chi connectivity index (χ1) is 14.6. The molecular formula is C22H18BF5O3Ru. The van der Waals surface area contributed by atoms with Crippen molar-refractivity contribution in [2.45, 2.75) is 26.7 Å². The average molecular weight is 537 g/mol. The summed E-state index contributed by atoms with van der Waals surface area (Å²) in [6.45, 7) is 6.44. The second kappa shape index (κ2) is 14.7. The summed E-state index contributed by atoms with van der Waals surface area (Å²) in [5.41, 5.74) is 2.67. The first-order valence-electron chi connectivity index (χ1n) is 8.94. The van der Waals surface area contributed by atoms with Gasteiger partial charge in [-0.05, 0) is 5.92 Å². The van der Waals surface area contributed by atoms with Crippen LogP contribution in [-0.2, 0) is 19.5 Å². The van der Waals surface area contributed by atoms with Crippen LogP contribution in [0.15, 0.2) is 48.5 Å². The molecule has 0 unspecified atom stereocenters. The fraction of sp³-hybridized carbons (Fsp3) is 0.182. The molecule has 0 aromatic heterocycles. The topological polar surface area (TPSA) is 55.3 Å². The molecule has 32 heavy (non-hydrogen) atoms. The van der Waals surface area contributed by atoms with Crippen molar-refractivity contribution in [1.29, 1.82) is 0 Å². The minimum absolute atomic E-state index is 0. The number of halogens is 5. The standard InChI is InChI=1S/C9H11.C7H7.C6BF5O3.Ru/c1-8(2)9-6-4-3-5-7-9;1-7-5-3-2-4-6-7;8-1-2(9)4(11)6(15-7(13)14)5(12)3(1)10;/h4-8H,1-2H3;3-6H,1H3;;/q2*-1;-2;+4. The number of aryl methyl sites for hydroxylation is 1. The third-order valence-electron chi connectivity index (χ3n) is 3.68. The maximum absolute atomic E-state index is 12.6. The van der Waals surface area contributed by atoms with Crippen LogP contribution < -0.4 is 14.7 Å². The van der Waals surface area contributed by atoms with E-state index in [4.69, 9.17) is 0 Å². The molecule has 0 aliphatic heterocycles. The molecule has 0 saturated heterocycles. The molecule has 0 radical (unpaired) electrons. The van der Waals surface area contributed by atoms with Crippen LogP contribution in [0, 0.1) is 48.1 Å². The summed E-state index contributed by atoms with van der Waals surface area (Å²) in [7, 11) is -3.20. The zero-order valence-electron chi connectivity index (χ0n) is 17.2. The molecule has 10 heteroatoms. The van der Waals surface area contributed by atoms with Crippen LogP contribution in [0.4, 0.5) is 22.0 Å². The molecule has 3 aromatic carbocycles. The minimum atomic E-state index is -3.20. The summed E-state index contributed by atoms with van der Waals surface area (Å²) < 4.78 is 65.9. The van der Waals surface area contributed by atoms with Crippen LogP contribution in [0.3, 0.4) is 0 Å². The van der Waals surface area contributed by atoms with E-state index in [2.05, 4.69) is 49.7 Å². The molecule has 0 saturated carbocycles. The zero-order chi connectivity index (χ0) is 23.6. The predicted octanol–water partition coefficient (Wildman–Crippen LogP) is 3.87. The van der Waals surface area contributed by atoms with Gasteiger partial charge in [-0.15, -0.1) is 0 Å². The van der Waals surface area contributed by atoms with E-state index in [1.807, 2.05) is 36.4 Å². The Labute approximate surface area is 196 Å². The van der Waals surface area contributed by atoms with Crippen molar-refractivity contribution in [3.05, 3.63) is 101 Å². The van der Waals surface area contributed by atoms with E-state index in [1.165, 1.54) is 11.1 Å².